The summed E-state index contributed by atoms with van der Waals surface area (Å²) in [6.45, 7) is 0. The zero-order valence-electron chi connectivity index (χ0n) is 19.6. The van der Waals surface area contributed by atoms with Crippen molar-refractivity contribution in [3.63, 3.8) is 0 Å². The third kappa shape index (κ3) is 7.12. The molecule has 0 spiro atoms. The van der Waals surface area contributed by atoms with E-state index in [2.05, 4.69) is 4.72 Å². The lowest BCUT2D eigenvalue weighted by Gasteiger charge is -2.11. The van der Waals surface area contributed by atoms with Gasteiger partial charge in [0.05, 0.1) is 12.0 Å². The highest BCUT2D eigenvalue weighted by atomic mass is 32.2. The Morgan fingerprint density at radius 3 is 2.29 bits per heavy atom. The summed E-state index contributed by atoms with van der Waals surface area (Å²) < 4.78 is 21.4. The summed E-state index contributed by atoms with van der Waals surface area (Å²) in [4.78, 5) is 13.2. The molecule has 1 atom stereocenters. The van der Waals surface area contributed by atoms with Gasteiger partial charge in [-0.3, -0.25) is 4.79 Å². The van der Waals surface area contributed by atoms with Crippen molar-refractivity contribution in [1.29, 1.82) is 0 Å². The molecule has 35 heavy (non-hydrogen) atoms. The van der Waals surface area contributed by atoms with Gasteiger partial charge in [-0.25, -0.2) is 4.21 Å². The Labute approximate surface area is 208 Å². The molecule has 3 N–H and O–H groups in total. The van der Waals surface area contributed by atoms with Crippen LogP contribution in [0, 0.1) is 0 Å². The smallest absolute Gasteiger partial charge is 0.150 e. The molecule has 0 bridgehead atoms. The minimum absolute atomic E-state index is 0. The number of rotatable bonds is 10. The van der Waals surface area contributed by atoms with Crippen molar-refractivity contribution in [2.45, 2.75) is 24.2 Å². The number of hydrogen-bond acceptors (Lipinski definition) is 3. The number of ketones is 1. The largest absolute Gasteiger partial charge is 0.497 e. The van der Waals surface area contributed by atoms with Gasteiger partial charge in [-0.05, 0) is 59.0 Å². The molecule has 4 rings (SSSR count). The fraction of sp³-hybridized carbons (Fsp3) is 0.138. The Morgan fingerprint density at radius 2 is 1.54 bits per heavy atom. The molecule has 0 aliphatic heterocycles. The van der Waals surface area contributed by atoms with Crippen LogP contribution in [0.5, 0.6) is 5.75 Å². The molecule has 0 saturated carbocycles. The average Bonchev–Trinajstić information content (AvgIpc) is 2.89. The highest BCUT2D eigenvalue weighted by Crippen LogP contribution is 2.27. The molecule has 4 aromatic rings. The van der Waals surface area contributed by atoms with E-state index in [1.807, 2.05) is 103 Å². The van der Waals surface area contributed by atoms with E-state index in [-0.39, 0.29) is 11.3 Å². The SMILES string of the molecule is COc1cccc(CCC(=O)Cc2ccc(NS(=O)c3ccccc3-c3ccccc3)cc2)c1.O. The maximum atomic E-state index is 13.1. The van der Waals surface area contributed by atoms with Crippen LogP contribution in [0.3, 0.4) is 0 Å². The van der Waals surface area contributed by atoms with E-state index in [0.29, 0.717) is 19.3 Å². The predicted molar refractivity (Wildman–Crippen MR) is 142 cm³/mol. The maximum Gasteiger partial charge on any atom is 0.150 e. The van der Waals surface area contributed by atoms with Crippen molar-refractivity contribution in [3.05, 3.63) is 114 Å². The first-order valence-electron chi connectivity index (χ1n) is 11.2. The van der Waals surface area contributed by atoms with Gasteiger partial charge < -0.3 is 14.9 Å². The Balaban J connectivity index is 0.00000342. The molecule has 0 aromatic heterocycles. The molecule has 180 valence electrons. The number of anilines is 1. The van der Waals surface area contributed by atoms with Crippen LogP contribution in [-0.4, -0.2) is 22.6 Å². The fourth-order valence-electron chi connectivity index (χ4n) is 3.76. The summed E-state index contributed by atoms with van der Waals surface area (Å²) in [6.07, 6.45) is 1.55. The molecule has 1 unspecified atom stereocenters. The van der Waals surface area contributed by atoms with Crippen LogP contribution in [0.25, 0.3) is 11.1 Å². The summed E-state index contributed by atoms with van der Waals surface area (Å²) in [6, 6.07) is 33.0. The number of aryl methyl sites for hydroxylation is 1. The van der Waals surface area contributed by atoms with E-state index in [1.54, 1.807) is 7.11 Å². The van der Waals surface area contributed by atoms with Gasteiger partial charge in [-0.15, -0.1) is 0 Å². The first-order valence-corrected chi connectivity index (χ1v) is 12.3. The Bertz CT molecular complexity index is 1270. The summed E-state index contributed by atoms with van der Waals surface area (Å²) >= 11 is 0. The van der Waals surface area contributed by atoms with Crippen molar-refractivity contribution in [2.24, 2.45) is 0 Å². The minimum atomic E-state index is -1.42. The zero-order chi connectivity index (χ0) is 23.8. The van der Waals surface area contributed by atoms with Crippen molar-refractivity contribution < 1.29 is 19.2 Å². The van der Waals surface area contributed by atoms with Crippen LogP contribution in [0.15, 0.2) is 108 Å². The van der Waals surface area contributed by atoms with Crippen molar-refractivity contribution >= 4 is 22.5 Å². The van der Waals surface area contributed by atoms with Crippen LogP contribution in [0.1, 0.15) is 17.5 Å². The van der Waals surface area contributed by atoms with E-state index >= 15 is 0 Å². The van der Waals surface area contributed by atoms with Gasteiger partial charge >= 0.3 is 0 Å². The molecule has 0 aliphatic rings. The van der Waals surface area contributed by atoms with Gasteiger partial charge in [-0.1, -0.05) is 72.8 Å². The summed E-state index contributed by atoms with van der Waals surface area (Å²) in [5.74, 6) is 0.987. The average molecular weight is 488 g/mol. The van der Waals surface area contributed by atoms with E-state index in [1.165, 1.54) is 0 Å². The van der Waals surface area contributed by atoms with Crippen LogP contribution < -0.4 is 9.46 Å². The number of carbonyl (C=O) groups is 1. The molecular formula is C29H29NO4S. The summed E-state index contributed by atoms with van der Waals surface area (Å²) in [5.41, 5.74) is 4.74. The number of hydrogen-bond donors (Lipinski definition) is 1. The predicted octanol–water partition coefficient (Wildman–Crippen LogP) is 5.42. The molecule has 6 heteroatoms. The van der Waals surface area contributed by atoms with E-state index in [9.17, 15) is 9.00 Å². The topological polar surface area (TPSA) is 86.9 Å². The van der Waals surface area contributed by atoms with Gasteiger partial charge in [0.1, 0.15) is 11.5 Å². The van der Waals surface area contributed by atoms with Crippen molar-refractivity contribution in [1.82, 2.24) is 0 Å². The summed E-state index contributed by atoms with van der Waals surface area (Å²) in [5, 5.41) is 0. The highest BCUT2D eigenvalue weighted by Gasteiger charge is 2.12. The second-order valence-corrected chi connectivity index (χ2v) is 9.18. The third-order valence-corrected chi connectivity index (χ3v) is 6.74. The van der Waals surface area contributed by atoms with Gasteiger partial charge in [0, 0.05) is 18.5 Å². The number of nitrogens with one attached hydrogen (secondary N) is 1. The molecule has 0 fully saturated rings. The van der Waals surface area contributed by atoms with Crippen LogP contribution in [0.4, 0.5) is 5.69 Å². The Morgan fingerprint density at radius 1 is 0.829 bits per heavy atom. The number of benzene rings is 4. The minimum Gasteiger partial charge on any atom is -0.497 e. The molecule has 0 aliphatic carbocycles. The molecular weight excluding hydrogens is 458 g/mol. The van der Waals surface area contributed by atoms with E-state index in [4.69, 9.17) is 4.74 Å². The molecule has 0 saturated heterocycles. The lowest BCUT2D eigenvalue weighted by molar-refractivity contribution is -0.118. The lowest BCUT2D eigenvalue weighted by Crippen LogP contribution is -2.07. The first-order chi connectivity index (χ1) is 16.6. The first kappa shape index (κ1) is 25.9. The monoisotopic (exact) mass is 487 g/mol. The quantitative estimate of drug-likeness (QED) is 0.324. The van der Waals surface area contributed by atoms with Gasteiger partial charge in [0.2, 0.25) is 0 Å². The van der Waals surface area contributed by atoms with E-state index in [0.717, 1.165) is 38.6 Å². The molecule has 0 heterocycles. The summed E-state index contributed by atoms with van der Waals surface area (Å²) in [7, 11) is 0.221. The van der Waals surface area contributed by atoms with Crippen LogP contribution in [-0.2, 0) is 28.6 Å². The van der Waals surface area contributed by atoms with Crippen LogP contribution in [0.2, 0.25) is 0 Å². The standard InChI is InChI=1S/C29H27NO3S.H2O/c1-33-27-11-7-8-22(21-27)16-19-26(31)20-23-14-17-25(18-15-23)30-34(32)29-13-6-5-12-28(29)24-9-3-2-4-10-24;/h2-15,17-18,21,30H,16,19-20H2,1H3;1H2. The number of carbonyl (C=O) groups excluding carboxylic acids is 1. The Hall–Kier alpha value is -3.74. The fourth-order valence-corrected chi connectivity index (χ4v) is 4.81. The lowest BCUT2D eigenvalue weighted by atomic mass is 10.0. The van der Waals surface area contributed by atoms with Crippen molar-refractivity contribution in [3.8, 4) is 16.9 Å². The third-order valence-electron chi connectivity index (χ3n) is 5.56. The molecule has 5 nitrogen and oxygen atoms in total. The van der Waals surface area contributed by atoms with Gasteiger partial charge in [-0.2, -0.15) is 0 Å². The number of Topliss-reactive ketones (excluding diaryl/α,β-unsaturated/α-hetero) is 1. The number of methoxy groups -OCH3 is 1. The zero-order valence-corrected chi connectivity index (χ0v) is 20.4. The molecule has 4 aromatic carbocycles. The van der Waals surface area contributed by atoms with Gasteiger partial charge in [0.25, 0.3) is 0 Å². The molecule has 0 radical (unpaired) electrons. The second kappa shape index (κ2) is 12.6. The molecule has 0 amide bonds. The second-order valence-electron chi connectivity index (χ2n) is 8.00. The van der Waals surface area contributed by atoms with Crippen LogP contribution >= 0.6 is 0 Å². The number of ether oxygens (including phenoxy) is 1. The highest BCUT2D eigenvalue weighted by molar-refractivity contribution is 7.86. The Kier molecular flexibility index (Phi) is 9.35. The van der Waals surface area contributed by atoms with Gasteiger partial charge in [0.15, 0.2) is 11.0 Å². The van der Waals surface area contributed by atoms with E-state index < -0.39 is 11.0 Å². The maximum absolute atomic E-state index is 13.1. The normalized spacial score (nSPS) is 11.2. The van der Waals surface area contributed by atoms with Crippen molar-refractivity contribution in [2.75, 3.05) is 11.8 Å².